The molecule has 6 nitrogen and oxygen atoms in total. The lowest BCUT2D eigenvalue weighted by Crippen LogP contribution is -2.47. The zero-order valence-electron chi connectivity index (χ0n) is 17.7. The summed E-state index contributed by atoms with van der Waals surface area (Å²) in [5.74, 6) is 1.17. The Balaban J connectivity index is 0.00000392. The minimum absolute atomic E-state index is 0. The normalized spacial score (nSPS) is 19.0. The largest absolute Gasteiger partial charge is 0.357 e. The second kappa shape index (κ2) is 10.8. The number of hydrogen-bond acceptors (Lipinski definition) is 3. The molecule has 2 rings (SSSR count). The molecule has 1 aromatic carbocycles. The van der Waals surface area contributed by atoms with Gasteiger partial charge in [-0.1, -0.05) is 19.1 Å². The summed E-state index contributed by atoms with van der Waals surface area (Å²) in [7, 11) is -3.40. The van der Waals surface area contributed by atoms with Gasteiger partial charge in [0.25, 0.3) is 0 Å². The number of guanidine groups is 1. The zero-order valence-corrected chi connectivity index (χ0v) is 20.8. The van der Waals surface area contributed by atoms with Crippen molar-refractivity contribution >= 4 is 40.0 Å². The van der Waals surface area contributed by atoms with E-state index in [2.05, 4.69) is 43.3 Å². The van der Waals surface area contributed by atoms with Gasteiger partial charge in [-0.3, -0.25) is 0 Å². The third-order valence-corrected chi connectivity index (χ3v) is 6.32. The highest BCUT2D eigenvalue weighted by atomic mass is 127. The number of rotatable bonds is 5. The Morgan fingerprint density at radius 1 is 1.25 bits per heavy atom. The molecule has 0 saturated carbocycles. The van der Waals surface area contributed by atoms with Crippen molar-refractivity contribution < 1.29 is 8.42 Å². The van der Waals surface area contributed by atoms with Crippen molar-refractivity contribution in [1.29, 1.82) is 0 Å². The number of halogens is 1. The van der Waals surface area contributed by atoms with Gasteiger partial charge in [0, 0.05) is 25.2 Å². The molecule has 1 atom stereocenters. The maximum Gasteiger partial charge on any atom is 0.243 e. The highest BCUT2D eigenvalue weighted by Gasteiger charge is 2.28. The molecule has 1 aliphatic rings. The number of piperidine rings is 1. The van der Waals surface area contributed by atoms with Crippen LogP contribution in [0.1, 0.15) is 53.0 Å². The molecule has 1 aliphatic heterocycles. The van der Waals surface area contributed by atoms with Gasteiger partial charge in [-0.05, 0) is 64.2 Å². The lowest BCUT2D eigenvalue weighted by Gasteiger charge is -2.30. The molecule has 2 N–H and O–H groups in total. The molecule has 1 fully saturated rings. The first-order valence-electron chi connectivity index (χ1n) is 9.77. The number of benzene rings is 1. The van der Waals surface area contributed by atoms with Crippen LogP contribution < -0.4 is 10.6 Å². The smallest absolute Gasteiger partial charge is 0.243 e. The zero-order chi connectivity index (χ0) is 20.1. The quantitative estimate of drug-likeness (QED) is 0.352. The van der Waals surface area contributed by atoms with Gasteiger partial charge in [-0.15, -0.1) is 24.0 Å². The molecule has 0 aromatic heterocycles. The standard InChI is InChI=1S/C20H34N4O2S.HI/c1-6-21-19(23-20(3,4)5)22-14-17-9-11-18(12-10-17)27(25,26)24-13-7-8-16(2)15-24;/h9-12,16H,6-8,13-15H2,1-5H3,(H2,21,22,23);1H. The van der Waals surface area contributed by atoms with Crippen LogP contribution in [0.3, 0.4) is 0 Å². The Morgan fingerprint density at radius 3 is 2.43 bits per heavy atom. The van der Waals surface area contributed by atoms with E-state index in [1.54, 1.807) is 16.4 Å². The van der Waals surface area contributed by atoms with E-state index in [0.717, 1.165) is 30.9 Å². The maximum atomic E-state index is 12.8. The SMILES string of the molecule is CCNC(=NCc1ccc(S(=O)(=O)N2CCCC(C)C2)cc1)NC(C)(C)C.I. The number of aliphatic imine (C=N–C) groups is 1. The summed E-state index contributed by atoms with van der Waals surface area (Å²) in [4.78, 5) is 4.96. The van der Waals surface area contributed by atoms with Gasteiger partial charge in [0.15, 0.2) is 5.96 Å². The Kier molecular flexibility index (Phi) is 9.69. The van der Waals surface area contributed by atoms with E-state index in [0.29, 0.717) is 30.4 Å². The molecule has 0 radical (unpaired) electrons. The molecule has 0 bridgehead atoms. The van der Waals surface area contributed by atoms with Crippen LogP contribution in [-0.4, -0.2) is 43.9 Å². The monoisotopic (exact) mass is 522 g/mol. The predicted octanol–water partition coefficient (Wildman–Crippen LogP) is 3.58. The first kappa shape index (κ1) is 25.2. The molecule has 1 aromatic rings. The van der Waals surface area contributed by atoms with E-state index in [-0.39, 0.29) is 29.5 Å². The first-order valence-corrected chi connectivity index (χ1v) is 11.2. The van der Waals surface area contributed by atoms with E-state index in [4.69, 9.17) is 0 Å². The molecule has 28 heavy (non-hydrogen) atoms. The van der Waals surface area contributed by atoms with Crippen molar-refractivity contribution in [2.24, 2.45) is 10.9 Å². The summed E-state index contributed by atoms with van der Waals surface area (Å²) in [5, 5.41) is 6.57. The third-order valence-electron chi connectivity index (χ3n) is 4.44. The molecular formula is C20H35IN4O2S. The molecule has 160 valence electrons. The fourth-order valence-electron chi connectivity index (χ4n) is 3.11. The number of hydrogen-bond donors (Lipinski definition) is 2. The minimum Gasteiger partial charge on any atom is -0.357 e. The first-order chi connectivity index (χ1) is 12.6. The fourth-order valence-corrected chi connectivity index (χ4v) is 4.71. The number of nitrogens with zero attached hydrogens (tertiary/aromatic N) is 2. The lowest BCUT2D eigenvalue weighted by atomic mass is 10.0. The average Bonchev–Trinajstić information content (AvgIpc) is 2.59. The van der Waals surface area contributed by atoms with Crippen molar-refractivity contribution in [2.45, 2.75) is 64.4 Å². The van der Waals surface area contributed by atoms with Gasteiger partial charge in [0.2, 0.25) is 10.0 Å². The highest BCUT2D eigenvalue weighted by molar-refractivity contribution is 14.0. The van der Waals surface area contributed by atoms with Crippen LogP contribution in [0.15, 0.2) is 34.2 Å². The molecule has 1 saturated heterocycles. The average molecular weight is 522 g/mol. The lowest BCUT2D eigenvalue weighted by molar-refractivity contribution is 0.281. The maximum absolute atomic E-state index is 12.8. The molecule has 0 amide bonds. The summed E-state index contributed by atoms with van der Waals surface area (Å²) in [5.41, 5.74) is 0.900. The predicted molar refractivity (Wildman–Crippen MR) is 127 cm³/mol. The van der Waals surface area contributed by atoms with Crippen LogP contribution >= 0.6 is 24.0 Å². The molecule has 0 aliphatic carbocycles. The van der Waals surface area contributed by atoms with E-state index in [1.807, 2.05) is 19.1 Å². The van der Waals surface area contributed by atoms with Crippen molar-refractivity contribution in [2.75, 3.05) is 19.6 Å². The second-order valence-electron chi connectivity index (χ2n) is 8.32. The second-order valence-corrected chi connectivity index (χ2v) is 10.3. The molecule has 0 spiro atoms. The van der Waals surface area contributed by atoms with Gasteiger partial charge in [0.05, 0.1) is 11.4 Å². The summed E-state index contributed by atoms with van der Waals surface area (Å²) in [6.45, 7) is 12.9. The summed E-state index contributed by atoms with van der Waals surface area (Å²) < 4.78 is 27.3. The van der Waals surface area contributed by atoms with Crippen LogP contribution in [-0.2, 0) is 16.6 Å². The van der Waals surface area contributed by atoms with Gasteiger partial charge in [0.1, 0.15) is 0 Å². The molecular weight excluding hydrogens is 487 g/mol. The van der Waals surface area contributed by atoms with E-state index >= 15 is 0 Å². The van der Waals surface area contributed by atoms with E-state index in [9.17, 15) is 8.42 Å². The van der Waals surface area contributed by atoms with Crippen LogP contribution in [0.25, 0.3) is 0 Å². The van der Waals surface area contributed by atoms with Crippen LogP contribution in [0.5, 0.6) is 0 Å². The topological polar surface area (TPSA) is 73.8 Å². The summed E-state index contributed by atoms with van der Waals surface area (Å²) in [6.07, 6.45) is 2.03. The van der Waals surface area contributed by atoms with Crippen molar-refractivity contribution in [3.8, 4) is 0 Å². The van der Waals surface area contributed by atoms with E-state index < -0.39 is 10.0 Å². The van der Waals surface area contributed by atoms with Gasteiger partial charge in [-0.25, -0.2) is 13.4 Å². The Bertz CT molecular complexity index is 742. The van der Waals surface area contributed by atoms with Gasteiger partial charge < -0.3 is 10.6 Å². The van der Waals surface area contributed by atoms with Crippen molar-refractivity contribution in [3.63, 3.8) is 0 Å². The van der Waals surface area contributed by atoms with Gasteiger partial charge >= 0.3 is 0 Å². The van der Waals surface area contributed by atoms with Crippen LogP contribution in [0.2, 0.25) is 0 Å². The Hall–Kier alpha value is -0.870. The van der Waals surface area contributed by atoms with Crippen molar-refractivity contribution in [3.05, 3.63) is 29.8 Å². The molecule has 1 unspecified atom stereocenters. The van der Waals surface area contributed by atoms with Gasteiger partial charge in [-0.2, -0.15) is 4.31 Å². The molecule has 1 heterocycles. The summed E-state index contributed by atoms with van der Waals surface area (Å²) >= 11 is 0. The minimum atomic E-state index is -3.40. The fraction of sp³-hybridized carbons (Fsp3) is 0.650. The summed E-state index contributed by atoms with van der Waals surface area (Å²) in [6, 6.07) is 7.10. The van der Waals surface area contributed by atoms with Crippen LogP contribution in [0.4, 0.5) is 0 Å². The number of sulfonamides is 1. The highest BCUT2D eigenvalue weighted by Crippen LogP contribution is 2.23. The van der Waals surface area contributed by atoms with Crippen molar-refractivity contribution in [1.82, 2.24) is 14.9 Å². The Labute approximate surface area is 187 Å². The number of nitrogens with one attached hydrogen (secondary N) is 2. The Morgan fingerprint density at radius 2 is 1.89 bits per heavy atom. The van der Waals surface area contributed by atoms with Crippen LogP contribution in [0, 0.1) is 5.92 Å². The van der Waals surface area contributed by atoms with E-state index in [1.165, 1.54) is 0 Å². The third kappa shape index (κ3) is 7.51. The molecule has 8 heteroatoms.